The predicted molar refractivity (Wildman–Crippen MR) is 129 cm³/mol. The van der Waals surface area contributed by atoms with Crippen LogP contribution in [0, 0.1) is 5.82 Å². The molecule has 5 rings (SSSR count). The monoisotopic (exact) mass is 440 g/mol. The van der Waals surface area contributed by atoms with Crippen LogP contribution in [-0.4, -0.2) is 29.6 Å². The van der Waals surface area contributed by atoms with Gasteiger partial charge < -0.3 is 19.7 Å². The van der Waals surface area contributed by atoms with Crippen LogP contribution in [0.3, 0.4) is 0 Å². The summed E-state index contributed by atoms with van der Waals surface area (Å²) >= 11 is 0. The van der Waals surface area contributed by atoms with E-state index in [0.29, 0.717) is 12.2 Å². The van der Waals surface area contributed by atoms with Gasteiger partial charge in [0.15, 0.2) is 0 Å². The molecule has 2 amide bonds. The number of nitrogens with zero attached hydrogens (tertiary/aromatic N) is 3. The van der Waals surface area contributed by atoms with Gasteiger partial charge in [0.05, 0.1) is 18.3 Å². The first kappa shape index (κ1) is 20.8. The van der Waals surface area contributed by atoms with Gasteiger partial charge in [-0.15, -0.1) is 0 Å². The highest BCUT2D eigenvalue weighted by atomic mass is 19.1. The van der Waals surface area contributed by atoms with E-state index in [9.17, 15) is 9.18 Å². The topological polar surface area (TPSA) is 40.5 Å². The van der Waals surface area contributed by atoms with Gasteiger partial charge in [-0.25, -0.2) is 9.18 Å². The molecule has 2 heterocycles. The Morgan fingerprint density at radius 1 is 0.939 bits per heavy atom. The Hall–Kier alpha value is -4.06. The van der Waals surface area contributed by atoms with Crippen LogP contribution in [0.5, 0.6) is 0 Å². The van der Waals surface area contributed by atoms with Crippen molar-refractivity contribution in [2.75, 3.05) is 24.3 Å². The zero-order valence-electron chi connectivity index (χ0n) is 18.6. The van der Waals surface area contributed by atoms with Gasteiger partial charge in [-0.05, 0) is 65.7 Å². The van der Waals surface area contributed by atoms with E-state index in [-0.39, 0.29) is 17.9 Å². The molecule has 0 bridgehead atoms. The van der Waals surface area contributed by atoms with E-state index in [2.05, 4.69) is 57.2 Å². The zero-order valence-corrected chi connectivity index (χ0v) is 18.6. The molecule has 1 aliphatic heterocycles. The van der Waals surface area contributed by atoms with E-state index < -0.39 is 0 Å². The van der Waals surface area contributed by atoms with Crippen molar-refractivity contribution in [1.82, 2.24) is 9.47 Å². The minimum absolute atomic E-state index is 0.243. The molecule has 0 aliphatic carbocycles. The first-order valence-electron chi connectivity index (χ1n) is 10.9. The highest BCUT2D eigenvalue weighted by Gasteiger charge is 2.33. The number of amides is 2. The van der Waals surface area contributed by atoms with Gasteiger partial charge >= 0.3 is 6.03 Å². The van der Waals surface area contributed by atoms with Crippen molar-refractivity contribution in [1.29, 1.82) is 0 Å². The molecule has 1 aliphatic rings. The number of nitrogens with one attached hydrogen (secondary N) is 1. The molecule has 4 aromatic rings. The number of hydrogen-bond donors (Lipinski definition) is 1. The zero-order chi connectivity index (χ0) is 22.9. The van der Waals surface area contributed by atoms with Gasteiger partial charge in [-0.2, -0.15) is 0 Å². The molecular formula is C27H25FN4O. The molecule has 1 N–H and O–H groups in total. The van der Waals surface area contributed by atoms with Crippen LogP contribution < -0.4 is 10.2 Å². The number of rotatable bonds is 3. The van der Waals surface area contributed by atoms with Crippen molar-refractivity contribution >= 4 is 17.4 Å². The maximum atomic E-state index is 13.6. The number of halogens is 1. The van der Waals surface area contributed by atoms with Crippen LogP contribution in [0.25, 0.3) is 5.69 Å². The summed E-state index contributed by atoms with van der Waals surface area (Å²) in [4.78, 5) is 17.5. The van der Waals surface area contributed by atoms with Gasteiger partial charge in [0, 0.05) is 37.4 Å². The van der Waals surface area contributed by atoms with E-state index in [0.717, 1.165) is 28.2 Å². The number of hydrogen-bond acceptors (Lipinski definition) is 2. The van der Waals surface area contributed by atoms with Crippen molar-refractivity contribution in [2.24, 2.45) is 0 Å². The summed E-state index contributed by atoms with van der Waals surface area (Å²) in [5.74, 6) is -0.339. The van der Waals surface area contributed by atoms with E-state index >= 15 is 0 Å². The third-order valence-corrected chi connectivity index (χ3v) is 6.05. The largest absolute Gasteiger partial charge is 0.378 e. The fraction of sp³-hybridized carbons (Fsp3) is 0.148. The molecule has 1 atom stereocenters. The summed E-state index contributed by atoms with van der Waals surface area (Å²) < 4.78 is 15.5. The van der Waals surface area contributed by atoms with E-state index in [4.69, 9.17) is 0 Å². The molecule has 5 nitrogen and oxygen atoms in total. The second-order valence-corrected chi connectivity index (χ2v) is 8.39. The minimum atomic E-state index is -0.339. The number of fused-ring (bicyclic) bond motifs is 3. The van der Waals surface area contributed by atoms with Crippen molar-refractivity contribution in [2.45, 2.75) is 12.6 Å². The van der Waals surface area contributed by atoms with Gasteiger partial charge in [0.1, 0.15) is 5.82 Å². The summed E-state index contributed by atoms with van der Waals surface area (Å²) in [6.45, 7) is 0.435. The van der Waals surface area contributed by atoms with Gasteiger partial charge in [-0.1, -0.05) is 30.3 Å². The number of anilines is 2. The normalized spacial score (nSPS) is 14.8. The Bertz CT molecular complexity index is 1280. The Balaban J connectivity index is 1.61. The molecule has 6 heteroatoms. The maximum absolute atomic E-state index is 13.6. The molecule has 0 unspecified atom stereocenters. The molecule has 0 saturated carbocycles. The highest BCUT2D eigenvalue weighted by molar-refractivity contribution is 5.90. The second-order valence-electron chi connectivity index (χ2n) is 8.39. The molecule has 3 aromatic carbocycles. The summed E-state index contributed by atoms with van der Waals surface area (Å²) in [6.07, 6.45) is 2.04. The Morgan fingerprint density at radius 2 is 1.67 bits per heavy atom. The lowest BCUT2D eigenvalue weighted by atomic mass is 10.0. The Labute approximate surface area is 192 Å². The summed E-state index contributed by atoms with van der Waals surface area (Å²) in [5, 5.41) is 2.95. The fourth-order valence-electron chi connectivity index (χ4n) is 4.37. The third-order valence-electron chi connectivity index (χ3n) is 6.05. The average Bonchev–Trinajstić information content (AvgIpc) is 3.25. The lowest BCUT2D eigenvalue weighted by Gasteiger charge is -2.31. The van der Waals surface area contributed by atoms with Crippen molar-refractivity contribution in [3.05, 3.63) is 114 Å². The first-order valence-corrected chi connectivity index (χ1v) is 10.9. The molecule has 0 saturated heterocycles. The summed E-state index contributed by atoms with van der Waals surface area (Å²) in [7, 11) is 4.01. The number of para-hydroxylation sites is 1. The lowest BCUT2D eigenvalue weighted by Crippen LogP contribution is -2.37. The second kappa shape index (κ2) is 8.47. The summed E-state index contributed by atoms with van der Waals surface area (Å²) in [6, 6.07) is 25.8. The van der Waals surface area contributed by atoms with Crippen molar-refractivity contribution in [3.8, 4) is 5.69 Å². The lowest BCUT2D eigenvalue weighted by molar-refractivity contribution is 0.194. The van der Waals surface area contributed by atoms with Crippen LogP contribution in [0.15, 0.2) is 91.1 Å². The maximum Gasteiger partial charge on any atom is 0.322 e. The van der Waals surface area contributed by atoms with Crippen molar-refractivity contribution < 1.29 is 9.18 Å². The van der Waals surface area contributed by atoms with Crippen LogP contribution >= 0.6 is 0 Å². The van der Waals surface area contributed by atoms with Gasteiger partial charge in [-0.3, -0.25) is 0 Å². The SMILES string of the molecule is CN(C)c1ccc([C@H]2c3cccn3-c3ccccc3CN2C(=O)Nc2ccc(F)cc2)cc1. The quantitative estimate of drug-likeness (QED) is 0.436. The smallest absolute Gasteiger partial charge is 0.322 e. The fourth-order valence-corrected chi connectivity index (χ4v) is 4.37. The van der Waals surface area contributed by atoms with Gasteiger partial charge in [0.25, 0.3) is 0 Å². The Kier molecular flexibility index (Phi) is 5.34. The number of urea groups is 1. The van der Waals surface area contributed by atoms with Crippen LogP contribution in [0.2, 0.25) is 0 Å². The third kappa shape index (κ3) is 3.96. The predicted octanol–water partition coefficient (Wildman–Crippen LogP) is 5.82. The van der Waals surface area contributed by atoms with Crippen molar-refractivity contribution in [3.63, 3.8) is 0 Å². The van der Waals surface area contributed by atoms with Crippen LogP contribution in [0.1, 0.15) is 22.9 Å². The van der Waals surface area contributed by atoms with Crippen LogP contribution in [-0.2, 0) is 6.54 Å². The summed E-state index contributed by atoms with van der Waals surface area (Å²) in [5.41, 5.74) is 5.78. The first-order chi connectivity index (χ1) is 16.0. The minimum Gasteiger partial charge on any atom is -0.378 e. The molecule has 33 heavy (non-hydrogen) atoms. The molecular weight excluding hydrogens is 415 g/mol. The molecule has 0 spiro atoms. The highest BCUT2D eigenvalue weighted by Crippen LogP contribution is 2.37. The van der Waals surface area contributed by atoms with E-state index in [1.54, 1.807) is 12.1 Å². The van der Waals surface area contributed by atoms with E-state index in [1.807, 2.05) is 43.4 Å². The number of carbonyl (C=O) groups is 1. The number of benzene rings is 3. The standard InChI is InChI=1S/C27H25FN4O/c1-30(2)23-15-9-19(10-16-23)26-25-8-5-17-31(25)24-7-4-3-6-20(24)18-32(26)27(33)29-22-13-11-21(28)12-14-22/h3-17,26H,18H2,1-2H3,(H,29,33)/t26-/m0/s1. The molecule has 0 radical (unpaired) electrons. The molecule has 1 aromatic heterocycles. The molecule has 166 valence electrons. The average molecular weight is 441 g/mol. The van der Waals surface area contributed by atoms with E-state index in [1.165, 1.54) is 12.1 Å². The number of carbonyl (C=O) groups excluding carboxylic acids is 1. The molecule has 0 fully saturated rings. The van der Waals surface area contributed by atoms with Crippen LogP contribution in [0.4, 0.5) is 20.6 Å². The number of aromatic nitrogens is 1. The van der Waals surface area contributed by atoms with Gasteiger partial charge in [0.2, 0.25) is 0 Å². The Morgan fingerprint density at radius 3 is 2.39 bits per heavy atom.